The number of hydrogen-bond donors (Lipinski definition) is 0. The van der Waals surface area contributed by atoms with E-state index >= 15 is 0 Å². The molecule has 0 saturated heterocycles. The zero-order valence-corrected chi connectivity index (χ0v) is 9.29. The lowest BCUT2D eigenvalue weighted by Crippen LogP contribution is -2.15. The third-order valence-electron chi connectivity index (χ3n) is 1.59. The predicted octanol–water partition coefficient (Wildman–Crippen LogP) is 2.22. The molecule has 1 aromatic carbocycles. The van der Waals surface area contributed by atoms with Crippen molar-refractivity contribution in [2.75, 3.05) is 20.7 Å². The standard InChI is InChI=1S/C10H16NOP/c1-4-12-13(11(2)3)10-8-6-5-7-9-10/h5-9H,4H2,1-3H3. The first-order valence-corrected chi connectivity index (χ1v) is 5.62. The summed E-state index contributed by atoms with van der Waals surface area (Å²) in [6, 6.07) is 10.3. The third kappa shape index (κ3) is 3.07. The lowest BCUT2D eigenvalue weighted by molar-refractivity contribution is 0.356. The van der Waals surface area contributed by atoms with Crippen molar-refractivity contribution in [2.45, 2.75) is 6.92 Å². The highest BCUT2D eigenvalue weighted by Crippen LogP contribution is 2.37. The third-order valence-corrected chi connectivity index (χ3v) is 3.56. The number of nitrogens with zero attached hydrogens (tertiary/aromatic N) is 1. The van der Waals surface area contributed by atoms with E-state index in [0.717, 1.165) is 6.61 Å². The van der Waals surface area contributed by atoms with E-state index in [1.165, 1.54) is 5.30 Å². The van der Waals surface area contributed by atoms with Gasteiger partial charge < -0.3 is 4.52 Å². The largest absolute Gasteiger partial charge is 0.340 e. The van der Waals surface area contributed by atoms with E-state index in [2.05, 4.69) is 16.8 Å². The molecule has 0 aromatic heterocycles. The van der Waals surface area contributed by atoms with Gasteiger partial charge in [0.25, 0.3) is 0 Å². The van der Waals surface area contributed by atoms with Gasteiger partial charge in [-0.05, 0) is 21.0 Å². The second kappa shape index (κ2) is 5.33. The Labute approximate surface area is 81.4 Å². The molecule has 0 aliphatic carbocycles. The summed E-state index contributed by atoms with van der Waals surface area (Å²) in [6.07, 6.45) is 0. The Morgan fingerprint density at radius 3 is 2.31 bits per heavy atom. The van der Waals surface area contributed by atoms with Crippen LogP contribution in [0.3, 0.4) is 0 Å². The molecule has 0 aliphatic rings. The normalized spacial score (nSPS) is 13.2. The van der Waals surface area contributed by atoms with Crippen molar-refractivity contribution in [3.05, 3.63) is 30.3 Å². The minimum absolute atomic E-state index is 0.582. The summed E-state index contributed by atoms with van der Waals surface area (Å²) in [7, 11) is 3.52. The van der Waals surface area contributed by atoms with E-state index < -0.39 is 8.30 Å². The molecular formula is C10H16NOP. The first-order valence-electron chi connectivity index (χ1n) is 4.41. The Kier molecular flexibility index (Phi) is 4.37. The van der Waals surface area contributed by atoms with Crippen LogP contribution in [0, 0.1) is 0 Å². The van der Waals surface area contributed by atoms with E-state index in [4.69, 9.17) is 4.52 Å². The molecule has 1 rings (SSSR count). The first kappa shape index (κ1) is 10.6. The Hall–Kier alpha value is -0.430. The second-order valence-electron chi connectivity index (χ2n) is 2.87. The van der Waals surface area contributed by atoms with E-state index in [0.29, 0.717) is 0 Å². The lowest BCUT2D eigenvalue weighted by Gasteiger charge is -2.23. The van der Waals surface area contributed by atoms with Crippen molar-refractivity contribution in [1.29, 1.82) is 0 Å². The fourth-order valence-corrected chi connectivity index (χ4v) is 2.61. The molecule has 13 heavy (non-hydrogen) atoms. The van der Waals surface area contributed by atoms with Gasteiger partial charge in [-0.15, -0.1) is 0 Å². The van der Waals surface area contributed by atoms with E-state index in [1.807, 2.05) is 39.2 Å². The maximum atomic E-state index is 5.68. The Morgan fingerprint density at radius 2 is 1.85 bits per heavy atom. The van der Waals surface area contributed by atoms with Crippen LogP contribution in [0.4, 0.5) is 0 Å². The van der Waals surface area contributed by atoms with Gasteiger partial charge in [0.1, 0.15) is 8.30 Å². The quantitative estimate of drug-likeness (QED) is 0.686. The van der Waals surface area contributed by atoms with Crippen LogP contribution in [0.2, 0.25) is 0 Å². The average molecular weight is 197 g/mol. The number of hydrogen-bond acceptors (Lipinski definition) is 2. The van der Waals surface area contributed by atoms with Gasteiger partial charge in [0.2, 0.25) is 0 Å². The Bertz CT molecular complexity index is 238. The fraction of sp³-hybridized carbons (Fsp3) is 0.400. The molecule has 0 spiro atoms. The summed E-state index contributed by atoms with van der Waals surface area (Å²) < 4.78 is 7.81. The number of rotatable bonds is 4. The summed E-state index contributed by atoms with van der Waals surface area (Å²) in [6.45, 7) is 2.79. The smallest absolute Gasteiger partial charge is 0.137 e. The molecule has 0 heterocycles. The predicted molar refractivity (Wildman–Crippen MR) is 58.3 cm³/mol. The van der Waals surface area contributed by atoms with E-state index in [1.54, 1.807) is 0 Å². The summed E-state index contributed by atoms with van der Waals surface area (Å²) in [5.41, 5.74) is 0. The minimum atomic E-state index is -0.582. The van der Waals surface area contributed by atoms with Crippen molar-refractivity contribution in [3.8, 4) is 0 Å². The van der Waals surface area contributed by atoms with Crippen LogP contribution in [-0.2, 0) is 4.52 Å². The highest BCUT2D eigenvalue weighted by molar-refractivity contribution is 7.58. The Morgan fingerprint density at radius 1 is 1.23 bits per heavy atom. The van der Waals surface area contributed by atoms with Crippen LogP contribution in [0.5, 0.6) is 0 Å². The topological polar surface area (TPSA) is 12.5 Å². The molecule has 0 bridgehead atoms. The van der Waals surface area contributed by atoms with Crippen LogP contribution < -0.4 is 5.30 Å². The molecular weight excluding hydrogens is 181 g/mol. The molecule has 0 fully saturated rings. The summed E-state index contributed by atoms with van der Waals surface area (Å²) in [5.74, 6) is 0. The second-order valence-corrected chi connectivity index (χ2v) is 4.99. The lowest BCUT2D eigenvalue weighted by atomic mass is 10.4. The molecule has 1 aromatic rings. The van der Waals surface area contributed by atoms with Gasteiger partial charge in [0.05, 0.1) is 6.61 Å². The van der Waals surface area contributed by atoms with Gasteiger partial charge in [-0.1, -0.05) is 30.3 Å². The van der Waals surface area contributed by atoms with Gasteiger partial charge in [-0.3, -0.25) is 4.67 Å². The molecule has 3 heteroatoms. The van der Waals surface area contributed by atoms with Crippen molar-refractivity contribution < 1.29 is 4.52 Å². The molecule has 1 unspecified atom stereocenters. The van der Waals surface area contributed by atoms with Crippen molar-refractivity contribution in [2.24, 2.45) is 0 Å². The fourth-order valence-electron chi connectivity index (χ4n) is 1.10. The molecule has 0 radical (unpaired) electrons. The van der Waals surface area contributed by atoms with Crippen molar-refractivity contribution >= 4 is 13.6 Å². The molecule has 0 N–H and O–H groups in total. The molecule has 72 valence electrons. The maximum Gasteiger partial charge on any atom is 0.137 e. The van der Waals surface area contributed by atoms with Gasteiger partial charge in [-0.25, -0.2) is 0 Å². The van der Waals surface area contributed by atoms with Crippen LogP contribution in [-0.4, -0.2) is 25.4 Å². The molecule has 0 aliphatic heterocycles. The zero-order valence-electron chi connectivity index (χ0n) is 8.40. The summed E-state index contributed by atoms with van der Waals surface area (Å²) in [5, 5.41) is 1.27. The number of benzene rings is 1. The zero-order chi connectivity index (χ0) is 9.68. The minimum Gasteiger partial charge on any atom is -0.340 e. The van der Waals surface area contributed by atoms with E-state index in [9.17, 15) is 0 Å². The summed E-state index contributed by atoms with van der Waals surface area (Å²) in [4.78, 5) is 0. The van der Waals surface area contributed by atoms with Gasteiger partial charge >= 0.3 is 0 Å². The Balaban J connectivity index is 2.76. The molecule has 1 atom stereocenters. The van der Waals surface area contributed by atoms with Crippen LogP contribution >= 0.6 is 8.30 Å². The van der Waals surface area contributed by atoms with Gasteiger partial charge in [0.15, 0.2) is 0 Å². The average Bonchev–Trinajstić information content (AvgIpc) is 2.15. The summed E-state index contributed by atoms with van der Waals surface area (Å²) >= 11 is 0. The van der Waals surface area contributed by atoms with Gasteiger partial charge in [-0.2, -0.15) is 0 Å². The maximum absolute atomic E-state index is 5.68. The molecule has 0 amide bonds. The van der Waals surface area contributed by atoms with Gasteiger partial charge in [0, 0.05) is 5.30 Å². The van der Waals surface area contributed by atoms with Crippen molar-refractivity contribution in [1.82, 2.24) is 4.67 Å². The monoisotopic (exact) mass is 197 g/mol. The SMILES string of the molecule is CCOP(c1ccccc1)N(C)C. The molecule has 0 saturated carbocycles. The highest BCUT2D eigenvalue weighted by Gasteiger charge is 2.13. The highest BCUT2D eigenvalue weighted by atomic mass is 31.2. The first-order chi connectivity index (χ1) is 6.25. The van der Waals surface area contributed by atoms with Crippen LogP contribution in [0.1, 0.15) is 6.92 Å². The van der Waals surface area contributed by atoms with Crippen molar-refractivity contribution in [3.63, 3.8) is 0 Å². The van der Waals surface area contributed by atoms with E-state index in [-0.39, 0.29) is 0 Å². The van der Waals surface area contributed by atoms with Crippen LogP contribution in [0.25, 0.3) is 0 Å². The van der Waals surface area contributed by atoms with Crippen LogP contribution in [0.15, 0.2) is 30.3 Å². The molecule has 2 nitrogen and oxygen atoms in total.